The van der Waals surface area contributed by atoms with Crippen LogP contribution in [0.4, 0.5) is 0 Å². The van der Waals surface area contributed by atoms with Crippen molar-refractivity contribution in [3.05, 3.63) is 5.82 Å². The van der Waals surface area contributed by atoms with Crippen LogP contribution >= 0.6 is 11.8 Å². The molecule has 2 saturated carbocycles. The molecular formula is C17H28N4OS. The molecule has 1 aromatic heterocycles. The minimum absolute atomic E-state index is 0.109. The highest BCUT2D eigenvalue weighted by molar-refractivity contribution is 7.99. The predicted molar refractivity (Wildman–Crippen MR) is 92.7 cm³/mol. The molecule has 0 radical (unpaired) electrons. The van der Waals surface area contributed by atoms with Crippen LogP contribution in [0, 0.1) is 0 Å². The SMILES string of the molecule is CCCCC[C@H](C)NC(=O)CSc1nnc(C2CC2)n1C1CC1. The third-order valence-corrected chi connectivity index (χ3v) is 5.47. The maximum atomic E-state index is 12.1. The molecule has 128 valence electrons. The number of aromatic nitrogens is 3. The predicted octanol–water partition coefficient (Wildman–Crippen LogP) is 3.67. The lowest BCUT2D eigenvalue weighted by Gasteiger charge is -2.13. The number of carbonyl (C=O) groups excluding carboxylic acids is 1. The molecule has 23 heavy (non-hydrogen) atoms. The van der Waals surface area contributed by atoms with E-state index in [1.54, 1.807) is 0 Å². The summed E-state index contributed by atoms with van der Waals surface area (Å²) in [7, 11) is 0. The Kier molecular flexibility index (Phi) is 5.62. The van der Waals surface area contributed by atoms with E-state index in [1.807, 2.05) is 0 Å². The fourth-order valence-corrected chi connectivity index (χ4v) is 3.73. The summed E-state index contributed by atoms with van der Waals surface area (Å²) in [5, 5.41) is 12.8. The Morgan fingerprint density at radius 1 is 1.30 bits per heavy atom. The van der Waals surface area contributed by atoms with Gasteiger partial charge in [-0.05, 0) is 39.0 Å². The number of hydrogen-bond donors (Lipinski definition) is 1. The van der Waals surface area contributed by atoms with Gasteiger partial charge in [0.15, 0.2) is 5.16 Å². The van der Waals surface area contributed by atoms with Crippen molar-refractivity contribution < 1.29 is 4.79 Å². The molecule has 2 fully saturated rings. The first-order chi connectivity index (χ1) is 11.2. The van der Waals surface area contributed by atoms with Crippen molar-refractivity contribution in [2.45, 2.75) is 88.4 Å². The van der Waals surface area contributed by atoms with E-state index in [0.717, 1.165) is 17.4 Å². The normalized spacial score (nSPS) is 18.9. The van der Waals surface area contributed by atoms with Gasteiger partial charge in [-0.2, -0.15) is 0 Å². The summed E-state index contributed by atoms with van der Waals surface area (Å²) >= 11 is 1.54. The third-order valence-electron chi connectivity index (χ3n) is 4.53. The van der Waals surface area contributed by atoms with Crippen molar-refractivity contribution in [1.29, 1.82) is 0 Å². The lowest BCUT2D eigenvalue weighted by Crippen LogP contribution is -2.33. The molecule has 3 rings (SSSR count). The fourth-order valence-electron chi connectivity index (χ4n) is 2.90. The van der Waals surface area contributed by atoms with E-state index < -0.39 is 0 Å². The quantitative estimate of drug-likeness (QED) is 0.523. The van der Waals surface area contributed by atoms with Crippen molar-refractivity contribution in [3.8, 4) is 0 Å². The molecule has 0 unspecified atom stereocenters. The average molecular weight is 337 g/mol. The summed E-state index contributed by atoms with van der Waals surface area (Å²) in [4.78, 5) is 12.1. The molecule has 1 amide bonds. The molecule has 5 nitrogen and oxygen atoms in total. The van der Waals surface area contributed by atoms with E-state index in [-0.39, 0.29) is 11.9 Å². The fraction of sp³-hybridized carbons (Fsp3) is 0.824. The van der Waals surface area contributed by atoms with Gasteiger partial charge < -0.3 is 9.88 Å². The van der Waals surface area contributed by atoms with Crippen LogP contribution in [-0.2, 0) is 4.79 Å². The van der Waals surface area contributed by atoms with Crippen molar-refractivity contribution in [1.82, 2.24) is 20.1 Å². The second kappa shape index (κ2) is 7.69. The number of thioether (sulfide) groups is 1. The molecule has 0 saturated heterocycles. The minimum atomic E-state index is 0.109. The average Bonchev–Trinajstić information content (AvgIpc) is 3.44. The van der Waals surface area contributed by atoms with Gasteiger partial charge in [0.25, 0.3) is 0 Å². The summed E-state index contributed by atoms with van der Waals surface area (Å²) in [6, 6.07) is 0.845. The first kappa shape index (κ1) is 16.8. The molecule has 2 aliphatic rings. The second-order valence-corrected chi connectivity index (χ2v) is 7.91. The van der Waals surface area contributed by atoms with E-state index in [9.17, 15) is 4.79 Å². The molecule has 1 heterocycles. The van der Waals surface area contributed by atoms with Crippen molar-refractivity contribution in [2.24, 2.45) is 0 Å². The molecule has 0 aliphatic heterocycles. The van der Waals surface area contributed by atoms with Gasteiger partial charge in [0, 0.05) is 18.0 Å². The number of amides is 1. The van der Waals surface area contributed by atoms with Crippen LogP contribution in [0.3, 0.4) is 0 Å². The van der Waals surface area contributed by atoms with Gasteiger partial charge in [-0.25, -0.2) is 0 Å². The van der Waals surface area contributed by atoms with Gasteiger partial charge >= 0.3 is 0 Å². The second-order valence-electron chi connectivity index (χ2n) is 6.97. The number of nitrogens with one attached hydrogen (secondary N) is 1. The number of nitrogens with zero attached hydrogens (tertiary/aromatic N) is 3. The molecule has 0 bridgehead atoms. The van der Waals surface area contributed by atoms with E-state index in [1.165, 1.54) is 56.7 Å². The number of hydrogen-bond acceptors (Lipinski definition) is 4. The van der Waals surface area contributed by atoms with Crippen molar-refractivity contribution in [2.75, 3.05) is 5.75 Å². The molecule has 0 spiro atoms. The van der Waals surface area contributed by atoms with Crippen LogP contribution < -0.4 is 5.32 Å². The molecule has 6 heteroatoms. The van der Waals surface area contributed by atoms with Crippen LogP contribution in [-0.4, -0.2) is 32.5 Å². The number of carbonyl (C=O) groups is 1. The lowest BCUT2D eigenvalue weighted by molar-refractivity contribution is -0.119. The zero-order valence-electron chi connectivity index (χ0n) is 14.3. The summed E-state index contributed by atoms with van der Waals surface area (Å²) in [6.07, 6.45) is 9.65. The highest BCUT2D eigenvalue weighted by Gasteiger charge is 2.36. The maximum Gasteiger partial charge on any atom is 0.230 e. The molecule has 1 atom stereocenters. The number of unbranched alkanes of at least 4 members (excludes halogenated alkanes) is 2. The Labute approximate surface area is 143 Å². The Balaban J connectivity index is 1.47. The zero-order valence-corrected chi connectivity index (χ0v) is 15.1. The van der Waals surface area contributed by atoms with Crippen LogP contribution in [0.25, 0.3) is 0 Å². The summed E-state index contributed by atoms with van der Waals surface area (Å²) in [6.45, 7) is 4.29. The van der Waals surface area contributed by atoms with Crippen LogP contribution in [0.2, 0.25) is 0 Å². The van der Waals surface area contributed by atoms with Gasteiger partial charge in [0.2, 0.25) is 5.91 Å². The maximum absolute atomic E-state index is 12.1. The first-order valence-corrected chi connectivity index (χ1v) is 10.0. The Morgan fingerprint density at radius 2 is 2.09 bits per heavy atom. The highest BCUT2D eigenvalue weighted by Crippen LogP contribution is 2.45. The van der Waals surface area contributed by atoms with Crippen LogP contribution in [0.1, 0.15) is 83.0 Å². The van der Waals surface area contributed by atoms with E-state index >= 15 is 0 Å². The van der Waals surface area contributed by atoms with Gasteiger partial charge in [0.1, 0.15) is 5.82 Å². The molecule has 2 aliphatic carbocycles. The standard InChI is InChI=1S/C17H28N4OS/c1-3-4-5-6-12(2)18-15(22)11-23-17-20-19-16(13-7-8-13)21(17)14-9-10-14/h12-14H,3-11H2,1-2H3,(H,18,22)/t12-/m0/s1. The highest BCUT2D eigenvalue weighted by atomic mass is 32.2. The smallest absolute Gasteiger partial charge is 0.230 e. The zero-order chi connectivity index (χ0) is 16.2. The topological polar surface area (TPSA) is 59.8 Å². The number of rotatable bonds is 10. The summed E-state index contributed by atoms with van der Waals surface area (Å²) in [5.74, 6) is 2.32. The van der Waals surface area contributed by atoms with Gasteiger partial charge in [-0.1, -0.05) is 37.9 Å². The molecule has 1 aromatic rings. The Bertz CT molecular complexity index is 537. The minimum Gasteiger partial charge on any atom is -0.353 e. The van der Waals surface area contributed by atoms with Crippen LogP contribution in [0.15, 0.2) is 5.16 Å². The third kappa shape index (κ3) is 4.72. The monoisotopic (exact) mass is 336 g/mol. The van der Waals surface area contributed by atoms with Gasteiger partial charge in [-0.3, -0.25) is 4.79 Å². The largest absolute Gasteiger partial charge is 0.353 e. The van der Waals surface area contributed by atoms with Crippen molar-refractivity contribution >= 4 is 17.7 Å². The molecule has 1 N–H and O–H groups in total. The van der Waals surface area contributed by atoms with E-state index in [4.69, 9.17) is 0 Å². The van der Waals surface area contributed by atoms with Crippen LogP contribution in [0.5, 0.6) is 0 Å². The summed E-state index contributed by atoms with van der Waals surface area (Å²) < 4.78 is 2.31. The Hall–Kier alpha value is -1.04. The van der Waals surface area contributed by atoms with Crippen molar-refractivity contribution in [3.63, 3.8) is 0 Å². The molecule has 0 aromatic carbocycles. The lowest BCUT2D eigenvalue weighted by atomic mass is 10.1. The van der Waals surface area contributed by atoms with Gasteiger partial charge in [0.05, 0.1) is 5.75 Å². The van der Waals surface area contributed by atoms with E-state index in [0.29, 0.717) is 17.7 Å². The van der Waals surface area contributed by atoms with Gasteiger partial charge in [-0.15, -0.1) is 10.2 Å². The first-order valence-electron chi connectivity index (χ1n) is 9.06. The summed E-state index contributed by atoms with van der Waals surface area (Å²) in [5.41, 5.74) is 0. The van der Waals surface area contributed by atoms with E-state index in [2.05, 4.69) is 33.9 Å². The Morgan fingerprint density at radius 3 is 2.74 bits per heavy atom. The molecular weight excluding hydrogens is 308 g/mol.